The number of hydrogen-bond donors (Lipinski definition) is 4. The van der Waals surface area contributed by atoms with E-state index in [2.05, 4.69) is 20.3 Å². The molecule has 2 amide bonds. The summed E-state index contributed by atoms with van der Waals surface area (Å²) >= 11 is 11.9. The number of likely N-dealkylation sites (N-methyl/N-ethyl adjacent to an activating group) is 1. The van der Waals surface area contributed by atoms with Crippen LogP contribution in [0.3, 0.4) is 0 Å². The van der Waals surface area contributed by atoms with Crippen LogP contribution in [0.5, 0.6) is 5.75 Å². The lowest BCUT2D eigenvalue weighted by Crippen LogP contribution is -2.42. The van der Waals surface area contributed by atoms with E-state index in [4.69, 9.17) is 38.4 Å². The van der Waals surface area contributed by atoms with Gasteiger partial charge in [0.05, 0.1) is 16.4 Å². The van der Waals surface area contributed by atoms with Gasteiger partial charge in [0.15, 0.2) is 23.8 Å². The van der Waals surface area contributed by atoms with Crippen LogP contribution in [0, 0.1) is 5.92 Å². The molecule has 2 saturated heterocycles. The first-order valence-electron chi connectivity index (χ1n) is 13.9. The van der Waals surface area contributed by atoms with Crippen molar-refractivity contribution in [3.05, 3.63) is 40.4 Å². The number of fused-ring (bicyclic) bond motifs is 1. The molecule has 1 aromatic carbocycles. The van der Waals surface area contributed by atoms with Gasteiger partial charge in [0, 0.05) is 32.1 Å². The summed E-state index contributed by atoms with van der Waals surface area (Å²) in [7, 11) is 0. The molecule has 0 aliphatic carbocycles. The van der Waals surface area contributed by atoms with Crippen molar-refractivity contribution in [1.82, 2.24) is 29.7 Å². The predicted molar refractivity (Wildman–Crippen MR) is 154 cm³/mol. The minimum Gasteiger partial charge on any atom is -0.410 e. The third-order valence-electron chi connectivity index (χ3n) is 7.60. The molecule has 0 bridgehead atoms. The number of benzene rings is 1. The number of rotatable bonds is 8. The Morgan fingerprint density at radius 2 is 1.93 bits per heavy atom. The molecule has 4 heterocycles. The standard InChI is InChI=1S/C27H33Cl2N7O6/c1-2-31-25(39)22-20(37)21(38)26(42-22)36-13-32-19-23(30)33-18(34-24(19)36)5-3-4-14-8-10-35(11-9-14)27(40)41-15-6-7-16(28)17(29)12-15/h6-7,12-14,20-22,26,37-38H,2-5,8-11H2,1H3,(H,31,39)(H2,30,33,34)/t20-,21+,22-,26+/m0/s1. The van der Waals surface area contributed by atoms with Gasteiger partial charge >= 0.3 is 6.09 Å². The fourth-order valence-corrected chi connectivity index (χ4v) is 5.61. The molecule has 2 aromatic heterocycles. The van der Waals surface area contributed by atoms with Gasteiger partial charge < -0.3 is 35.6 Å². The van der Waals surface area contributed by atoms with E-state index in [0.29, 0.717) is 64.8 Å². The van der Waals surface area contributed by atoms with Crippen LogP contribution in [-0.2, 0) is 16.0 Å². The molecule has 2 aliphatic rings. The summed E-state index contributed by atoms with van der Waals surface area (Å²) in [5, 5.41) is 24.3. The van der Waals surface area contributed by atoms with E-state index in [1.807, 2.05) is 0 Å². The van der Waals surface area contributed by atoms with Crippen LogP contribution in [0.4, 0.5) is 10.6 Å². The Balaban J connectivity index is 1.15. The molecule has 2 aliphatic heterocycles. The Kier molecular flexibility index (Phi) is 9.33. The van der Waals surface area contributed by atoms with Crippen LogP contribution < -0.4 is 15.8 Å². The van der Waals surface area contributed by atoms with Gasteiger partial charge in [-0.2, -0.15) is 0 Å². The van der Waals surface area contributed by atoms with Crippen molar-refractivity contribution in [3.8, 4) is 5.75 Å². The SMILES string of the molecule is CCNC(=O)[C@H]1O[C@@H](n2cnc3c(N)nc(CCCC4CCN(C(=O)Oc5ccc(Cl)c(Cl)c5)CC4)nc32)[C@H](O)[C@@H]1O. The van der Waals surface area contributed by atoms with E-state index >= 15 is 0 Å². The molecular formula is C27H33Cl2N7O6. The number of imidazole rings is 1. The van der Waals surface area contributed by atoms with Gasteiger partial charge in [0.2, 0.25) is 0 Å². The van der Waals surface area contributed by atoms with E-state index in [9.17, 15) is 19.8 Å². The van der Waals surface area contributed by atoms with Gasteiger partial charge in [-0.05, 0) is 50.7 Å². The highest BCUT2D eigenvalue weighted by Gasteiger charge is 2.47. The third kappa shape index (κ3) is 6.40. The number of nitrogens with one attached hydrogen (secondary N) is 1. The second-order valence-electron chi connectivity index (χ2n) is 10.4. The zero-order chi connectivity index (χ0) is 30.0. The minimum atomic E-state index is -1.41. The quantitative estimate of drug-likeness (QED) is 0.292. The molecule has 0 unspecified atom stereocenters. The maximum Gasteiger partial charge on any atom is 0.415 e. The van der Waals surface area contributed by atoms with Crippen molar-refractivity contribution in [3.63, 3.8) is 0 Å². The number of aliphatic hydroxyl groups is 2. The summed E-state index contributed by atoms with van der Waals surface area (Å²) in [6.45, 7) is 3.29. The van der Waals surface area contributed by atoms with E-state index < -0.39 is 36.5 Å². The van der Waals surface area contributed by atoms with Crippen molar-refractivity contribution in [2.75, 3.05) is 25.4 Å². The van der Waals surface area contributed by atoms with Gasteiger partial charge in [0.25, 0.3) is 5.91 Å². The first kappa shape index (κ1) is 30.2. The highest BCUT2D eigenvalue weighted by Crippen LogP contribution is 2.33. The maximum atomic E-state index is 12.6. The zero-order valence-corrected chi connectivity index (χ0v) is 24.5. The van der Waals surface area contributed by atoms with Gasteiger partial charge in [-0.1, -0.05) is 23.2 Å². The van der Waals surface area contributed by atoms with Crippen LogP contribution in [-0.4, -0.2) is 84.6 Å². The smallest absolute Gasteiger partial charge is 0.410 e. The van der Waals surface area contributed by atoms with Crippen molar-refractivity contribution in [2.24, 2.45) is 5.92 Å². The molecule has 0 spiro atoms. The molecule has 5 N–H and O–H groups in total. The Hall–Kier alpha value is -3.23. The molecule has 4 atom stereocenters. The first-order chi connectivity index (χ1) is 20.2. The van der Waals surface area contributed by atoms with Crippen LogP contribution in [0.2, 0.25) is 10.0 Å². The molecule has 42 heavy (non-hydrogen) atoms. The Morgan fingerprint density at radius 3 is 2.64 bits per heavy atom. The second-order valence-corrected chi connectivity index (χ2v) is 11.3. The van der Waals surface area contributed by atoms with Crippen LogP contribution in [0.15, 0.2) is 24.5 Å². The number of hydrogen-bond acceptors (Lipinski definition) is 10. The topological polar surface area (TPSA) is 178 Å². The normalized spacial score (nSPS) is 22.9. The molecule has 15 heteroatoms. The molecule has 3 aromatic rings. The molecular weight excluding hydrogens is 589 g/mol. The van der Waals surface area contributed by atoms with Crippen LogP contribution in [0.1, 0.15) is 44.7 Å². The molecule has 226 valence electrons. The Labute approximate surface area is 251 Å². The molecule has 0 radical (unpaired) electrons. The van der Waals surface area contributed by atoms with Gasteiger partial charge in [-0.15, -0.1) is 0 Å². The predicted octanol–water partition coefficient (Wildman–Crippen LogP) is 2.70. The number of aliphatic hydroxyl groups excluding tert-OH is 2. The lowest BCUT2D eigenvalue weighted by molar-refractivity contribution is -0.137. The second kappa shape index (κ2) is 13.0. The van der Waals surface area contributed by atoms with E-state index in [1.54, 1.807) is 24.0 Å². The number of aryl methyl sites for hydroxylation is 1. The first-order valence-corrected chi connectivity index (χ1v) is 14.6. The number of carbonyl (C=O) groups excluding carboxylic acids is 2. The van der Waals surface area contributed by atoms with E-state index in [-0.39, 0.29) is 5.82 Å². The van der Waals surface area contributed by atoms with Crippen LogP contribution >= 0.6 is 23.2 Å². The fraction of sp³-hybridized carbons (Fsp3) is 0.519. The van der Waals surface area contributed by atoms with E-state index in [1.165, 1.54) is 17.0 Å². The number of halogens is 2. The summed E-state index contributed by atoms with van der Waals surface area (Å²) in [5.41, 5.74) is 6.85. The number of anilines is 1. The largest absolute Gasteiger partial charge is 0.415 e. The number of nitrogens with zero attached hydrogens (tertiary/aromatic N) is 5. The third-order valence-corrected chi connectivity index (χ3v) is 8.34. The number of nitrogens with two attached hydrogens (primary N) is 1. The minimum absolute atomic E-state index is 0.191. The summed E-state index contributed by atoms with van der Waals surface area (Å²) < 4.78 is 12.6. The summed E-state index contributed by atoms with van der Waals surface area (Å²) in [5.74, 6) is 0.968. The van der Waals surface area contributed by atoms with Crippen molar-refractivity contribution < 1.29 is 29.3 Å². The number of carbonyl (C=O) groups is 2. The van der Waals surface area contributed by atoms with Gasteiger partial charge in [-0.25, -0.2) is 19.7 Å². The van der Waals surface area contributed by atoms with E-state index in [0.717, 1.165) is 25.7 Å². The van der Waals surface area contributed by atoms with Crippen LogP contribution in [0.25, 0.3) is 11.2 Å². The lowest BCUT2D eigenvalue weighted by atomic mass is 9.91. The monoisotopic (exact) mass is 621 g/mol. The van der Waals surface area contributed by atoms with Crippen molar-refractivity contribution in [2.45, 2.75) is 63.6 Å². The molecule has 5 rings (SSSR count). The summed E-state index contributed by atoms with van der Waals surface area (Å²) in [6.07, 6.45) is -0.138. The van der Waals surface area contributed by atoms with Crippen molar-refractivity contribution >= 4 is 52.2 Å². The number of amides is 2. The molecule has 13 nitrogen and oxygen atoms in total. The number of piperidine rings is 1. The highest BCUT2D eigenvalue weighted by molar-refractivity contribution is 6.42. The Bertz CT molecular complexity index is 1450. The zero-order valence-electron chi connectivity index (χ0n) is 22.9. The summed E-state index contributed by atoms with van der Waals surface area (Å²) in [4.78, 5) is 39.8. The fourth-order valence-electron chi connectivity index (χ4n) is 5.32. The average Bonchev–Trinajstić information content (AvgIpc) is 3.52. The number of ether oxygens (including phenoxy) is 2. The molecule has 0 saturated carbocycles. The number of likely N-dealkylation sites (tertiary alicyclic amines) is 1. The average molecular weight is 623 g/mol. The summed E-state index contributed by atoms with van der Waals surface area (Å²) in [6, 6.07) is 4.71. The van der Waals surface area contributed by atoms with Crippen molar-refractivity contribution in [1.29, 1.82) is 0 Å². The maximum absolute atomic E-state index is 12.6. The molecule has 2 fully saturated rings. The Morgan fingerprint density at radius 1 is 1.17 bits per heavy atom. The lowest BCUT2D eigenvalue weighted by Gasteiger charge is -2.31. The number of nitrogen functional groups attached to an aromatic ring is 1. The number of aromatic nitrogens is 4. The van der Waals surface area contributed by atoms with Gasteiger partial charge in [-0.3, -0.25) is 9.36 Å². The highest BCUT2D eigenvalue weighted by atomic mass is 35.5. The van der Waals surface area contributed by atoms with Gasteiger partial charge in [0.1, 0.15) is 29.3 Å².